The van der Waals surface area contributed by atoms with Crippen molar-refractivity contribution in [3.05, 3.63) is 22.9 Å². The maximum atomic E-state index is 13.7. The molecule has 0 bridgehead atoms. The fourth-order valence-corrected chi connectivity index (χ4v) is 3.47. The number of aromatic nitrogens is 1. The number of aliphatic hydroxyl groups excluding tert-OH is 1. The molecular weight excluding hydrogens is 651 g/mol. The number of carbonyl (C=O) groups excluding carboxylic acids is 1. The Bertz CT molecular complexity index is 730. The van der Waals surface area contributed by atoms with Gasteiger partial charge < -0.3 is 20.8 Å². The third kappa shape index (κ3) is 7.55. The second-order valence-electron chi connectivity index (χ2n) is 7.29. The van der Waals surface area contributed by atoms with E-state index in [0.717, 1.165) is 26.4 Å². The third-order valence-corrected chi connectivity index (χ3v) is 5.31. The van der Waals surface area contributed by atoms with E-state index in [1.165, 1.54) is 11.8 Å². The molecule has 12 heteroatoms. The summed E-state index contributed by atoms with van der Waals surface area (Å²) >= 11 is 0. The van der Waals surface area contributed by atoms with Gasteiger partial charge in [0.15, 0.2) is 0 Å². The Hall–Kier alpha value is -0.958. The predicted octanol–water partition coefficient (Wildman–Crippen LogP) is 3.10. The number of amides is 1. The molecule has 0 radical (unpaired) electrons. The van der Waals surface area contributed by atoms with Crippen LogP contribution in [0.1, 0.15) is 60.0 Å². The van der Waals surface area contributed by atoms with Gasteiger partial charge in [0.1, 0.15) is 5.82 Å². The molecule has 1 aromatic rings. The minimum atomic E-state index is -4.65. The van der Waals surface area contributed by atoms with Crippen LogP contribution in [0.2, 0.25) is 0 Å². The van der Waals surface area contributed by atoms with E-state index in [4.69, 9.17) is 5.11 Å². The summed E-state index contributed by atoms with van der Waals surface area (Å²) in [7, 11) is 1.00. The predicted molar refractivity (Wildman–Crippen MR) is 102 cm³/mol. The van der Waals surface area contributed by atoms with Crippen LogP contribution in [0, 0.1) is 38.0 Å². The molecular formula is C19H28F5N3O3U. The van der Waals surface area contributed by atoms with Crippen LogP contribution in [0.15, 0.2) is 6.20 Å². The molecule has 3 rings (SSSR count). The maximum absolute atomic E-state index is 13.7. The number of nitrogens with one attached hydrogen (secondary N) is 1. The molecule has 0 unspecified atom stereocenters. The summed E-state index contributed by atoms with van der Waals surface area (Å²) in [6.07, 6.45) is -1.96. The van der Waals surface area contributed by atoms with E-state index in [-0.39, 0.29) is 85.5 Å². The molecule has 0 spiro atoms. The van der Waals surface area contributed by atoms with Crippen LogP contribution in [0.4, 0.5) is 27.8 Å². The summed E-state index contributed by atoms with van der Waals surface area (Å²) in [5.41, 5.74) is -1.37. The number of aliphatic hydroxyl groups is 1. The molecule has 6 nitrogen and oxygen atoms in total. The number of halogens is 5. The van der Waals surface area contributed by atoms with Crippen molar-refractivity contribution in [2.24, 2.45) is 0 Å². The molecule has 1 aromatic heterocycles. The van der Waals surface area contributed by atoms with Gasteiger partial charge in [0.25, 0.3) is 5.91 Å². The number of rotatable bonds is 3. The van der Waals surface area contributed by atoms with Gasteiger partial charge in [0.05, 0.1) is 11.1 Å². The number of hydrogen-bond acceptors (Lipinski definition) is 4. The fraction of sp³-hybridized carbons (Fsp3) is 0.684. The van der Waals surface area contributed by atoms with E-state index in [2.05, 4.69) is 10.3 Å². The molecule has 1 aliphatic carbocycles. The van der Waals surface area contributed by atoms with E-state index >= 15 is 0 Å². The molecule has 1 aliphatic heterocycles. The van der Waals surface area contributed by atoms with Crippen LogP contribution in [0.3, 0.4) is 0 Å². The molecule has 0 atom stereocenters. The van der Waals surface area contributed by atoms with E-state index < -0.39 is 30.0 Å². The van der Waals surface area contributed by atoms with Gasteiger partial charge in [-0.25, -0.2) is 13.8 Å². The Labute approximate surface area is 201 Å². The second kappa shape index (κ2) is 12.3. The first-order valence-corrected chi connectivity index (χ1v) is 9.54. The van der Waals surface area contributed by atoms with Crippen LogP contribution in [-0.4, -0.2) is 53.6 Å². The van der Waals surface area contributed by atoms with Crippen molar-refractivity contribution in [3.63, 3.8) is 0 Å². The van der Waals surface area contributed by atoms with E-state index in [1.807, 2.05) is 0 Å². The van der Waals surface area contributed by atoms with Gasteiger partial charge in [0, 0.05) is 76.4 Å². The van der Waals surface area contributed by atoms with E-state index in [1.54, 1.807) is 0 Å². The summed E-state index contributed by atoms with van der Waals surface area (Å²) in [6.45, 7) is 1.39. The van der Waals surface area contributed by atoms with E-state index in [0.29, 0.717) is 6.20 Å². The molecule has 31 heavy (non-hydrogen) atoms. The van der Waals surface area contributed by atoms with Crippen molar-refractivity contribution in [3.8, 4) is 0 Å². The monoisotopic (exact) mass is 679 g/mol. The summed E-state index contributed by atoms with van der Waals surface area (Å²) in [5.74, 6) is -3.39. The fourth-order valence-electron chi connectivity index (χ4n) is 3.47. The molecule has 2 fully saturated rings. The van der Waals surface area contributed by atoms with Crippen molar-refractivity contribution in [2.45, 2.75) is 63.6 Å². The zero-order valence-electron chi connectivity index (χ0n) is 17.5. The van der Waals surface area contributed by atoms with Gasteiger partial charge in [-0.3, -0.25) is 4.79 Å². The maximum Gasteiger partial charge on any atom is 0.418 e. The van der Waals surface area contributed by atoms with Crippen LogP contribution < -0.4 is 10.2 Å². The molecule has 4 N–H and O–H groups in total. The van der Waals surface area contributed by atoms with Crippen molar-refractivity contribution >= 4 is 11.7 Å². The van der Waals surface area contributed by atoms with Gasteiger partial charge in [-0.1, -0.05) is 0 Å². The number of anilines is 1. The van der Waals surface area contributed by atoms with Gasteiger partial charge in [-0.2, -0.15) is 13.2 Å². The summed E-state index contributed by atoms with van der Waals surface area (Å²) in [5, 5.41) is 9.74. The summed E-state index contributed by atoms with van der Waals surface area (Å²) in [4.78, 5) is 18.1. The van der Waals surface area contributed by atoms with Crippen LogP contribution >= 0.6 is 0 Å². The number of nitrogens with zero attached hydrogens (tertiary/aromatic N) is 2. The van der Waals surface area contributed by atoms with Crippen LogP contribution in [-0.2, 0) is 6.18 Å². The smallest absolute Gasteiger partial charge is 0.412 e. The number of alkyl halides is 5. The first-order chi connectivity index (χ1) is 13.6. The average Bonchev–Trinajstić information content (AvgIpc) is 2.79. The minimum absolute atomic E-state index is 0. The number of hydrogen-bond donors (Lipinski definition) is 2. The first kappa shape index (κ1) is 30.0. The standard InChI is InChI=1S/C18H22F5N3O.CH4O.H2O.U/c1-11-13(18(21,22)23)10-24-15(14(11)16(27)25-12-4-2-5-12)26-8-3-6-17(19,20)7-9-26;1-2;;/h10,12H,2-9H2,1H3,(H,25,27);2H,1H3;1H2;. The Kier molecular flexibility index (Phi) is 11.9. The Morgan fingerprint density at radius 3 is 2.32 bits per heavy atom. The molecule has 1 saturated carbocycles. The SMILES string of the molecule is CO.Cc1c(C(F)(F)F)cnc(N2CCCC(F)(F)CC2)c1C(=O)NC1CCC1.O.[U]. The molecule has 1 amide bonds. The summed E-state index contributed by atoms with van der Waals surface area (Å²) in [6, 6.07) is -0.0623. The number of carbonyl (C=O) groups is 1. The van der Waals surface area contributed by atoms with Crippen molar-refractivity contribution in [1.82, 2.24) is 10.3 Å². The topological polar surface area (TPSA) is 97.0 Å². The molecule has 0 aromatic carbocycles. The van der Waals surface area contributed by atoms with Crippen molar-refractivity contribution in [2.75, 3.05) is 25.1 Å². The Balaban J connectivity index is 0.00000219. The molecule has 2 heterocycles. The third-order valence-electron chi connectivity index (χ3n) is 5.31. The minimum Gasteiger partial charge on any atom is -0.412 e. The zero-order chi connectivity index (χ0) is 21.8. The first-order valence-electron chi connectivity index (χ1n) is 9.54. The largest absolute Gasteiger partial charge is 0.418 e. The molecule has 176 valence electrons. The quantitative estimate of drug-likeness (QED) is 0.481. The summed E-state index contributed by atoms with van der Waals surface area (Å²) < 4.78 is 67.2. The zero-order valence-corrected chi connectivity index (χ0v) is 21.6. The van der Waals surface area contributed by atoms with Crippen LogP contribution in [0.5, 0.6) is 0 Å². The molecule has 2 aliphatic rings. The van der Waals surface area contributed by atoms with E-state index in [9.17, 15) is 26.7 Å². The average molecular weight is 679 g/mol. The second-order valence-corrected chi connectivity index (χ2v) is 7.29. The van der Waals surface area contributed by atoms with Gasteiger partial charge in [-0.15, -0.1) is 0 Å². The van der Waals surface area contributed by atoms with Crippen molar-refractivity contribution in [1.29, 1.82) is 0 Å². The Morgan fingerprint density at radius 2 is 1.81 bits per heavy atom. The van der Waals surface area contributed by atoms with Crippen molar-refractivity contribution < 1.29 is 68.4 Å². The van der Waals surface area contributed by atoms with Gasteiger partial charge >= 0.3 is 6.18 Å². The normalized spacial score (nSPS) is 18.3. The van der Waals surface area contributed by atoms with Gasteiger partial charge in [-0.05, 0) is 38.2 Å². The van der Waals surface area contributed by atoms with Crippen LogP contribution in [0.25, 0.3) is 0 Å². The number of pyridine rings is 1. The molecule has 1 saturated heterocycles. The Morgan fingerprint density at radius 1 is 1.19 bits per heavy atom. The van der Waals surface area contributed by atoms with Gasteiger partial charge in [0.2, 0.25) is 5.92 Å².